The summed E-state index contributed by atoms with van der Waals surface area (Å²) in [5, 5.41) is 12.1. The van der Waals surface area contributed by atoms with Crippen LogP contribution in [0.15, 0.2) is 42.5 Å². The number of alkyl halides is 3. The summed E-state index contributed by atoms with van der Waals surface area (Å²) in [4.78, 5) is 12.0. The number of ether oxygens (including phenoxy) is 1. The molecule has 0 spiro atoms. The number of phenols is 1. The lowest BCUT2D eigenvalue weighted by atomic mass is 10.1. The van der Waals surface area contributed by atoms with Crippen LogP contribution in [0.1, 0.15) is 15.9 Å². The first-order valence-electron chi connectivity index (χ1n) is 6.17. The second-order valence-corrected chi connectivity index (χ2v) is 4.41. The van der Waals surface area contributed by atoms with Gasteiger partial charge in [-0.3, -0.25) is 4.79 Å². The van der Waals surface area contributed by atoms with Crippen molar-refractivity contribution in [1.82, 2.24) is 0 Å². The third-order valence-corrected chi connectivity index (χ3v) is 2.92. The normalized spacial score (nSPS) is 11.1. The Morgan fingerprint density at radius 1 is 1.14 bits per heavy atom. The zero-order valence-electron chi connectivity index (χ0n) is 11.4. The van der Waals surface area contributed by atoms with Crippen molar-refractivity contribution in [3.05, 3.63) is 53.6 Å². The average Bonchev–Trinajstić information content (AvgIpc) is 2.47. The lowest BCUT2D eigenvalue weighted by Crippen LogP contribution is -2.12. The van der Waals surface area contributed by atoms with E-state index in [1.54, 1.807) is 0 Å². The SMILES string of the molecule is COc1ccc(O)c(C(=O)Nc2ccc(C(F)(F)F)cc2)c1. The van der Waals surface area contributed by atoms with E-state index < -0.39 is 17.6 Å². The fourth-order valence-corrected chi connectivity index (χ4v) is 1.76. The minimum Gasteiger partial charge on any atom is -0.507 e. The first-order valence-corrected chi connectivity index (χ1v) is 6.17. The van der Waals surface area contributed by atoms with Gasteiger partial charge in [0.2, 0.25) is 0 Å². The Morgan fingerprint density at radius 3 is 2.32 bits per heavy atom. The van der Waals surface area contributed by atoms with Gasteiger partial charge in [-0.2, -0.15) is 13.2 Å². The van der Waals surface area contributed by atoms with Gasteiger partial charge in [0.25, 0.3) is 5.91 Å². The number of amides is 1. The monoisotopic (exact) mass is 311 g/mol. The second-order valence-electron chi connectivity index (χ2n) is 4.41. The molecule has 0 saturated heterocycles. The molecule has 0 bridgehead atoms. The van der Waals surface area contributed by atoms with E-state index in [1.165, 1.54) is 25.3 Å². The van der Waals surface area contributed by atoms with Crippen LogP contribution in [0, 0.1) is 0 Å². The predicted molar refractivity (Wildman–Crippen MR) is 74.1 cm³/mol. The van der Waals surface area contributed by atoms with Gasteiger partial charge in [-0.25, -0.2) is 0 Å². The van der Waals surface area contributed by atoms with Crippen LogP contribution < -0.4 is 10.1 Å². The first kappa shape index (κ1) is 15.7. The van der Waals surface area contributed by atoms with E-state index in [4.69, 9.17) is 4.74 Å². The predicted octanol–water partition coefficient (Wildman–Crippen LogP) is 3.67. The molecule has 116 valence electrons. The van der Waals surface area contributed by atoms with Crippen LogP contribution in [-0.4, -0.2) is 18.1 Å². The molecule has 0 fully saturated rings. The maximum Gasteiger partial charge on any atom is 0.416 e. The summed E-state index contributed by atoms with van der Waals surface area (Å²) < 4.78 is 42.3. The second kappa shape index (κ2) is 5.97. The molecule has 2 aromatic carbocycles. The van der Waals surface area contributed by atoms with Gasteiger partial charge < -0.3 is 15.2 Å². The van der Waals surface area contributed by atoms with Gasteiger partial charge in [0, 0.05) is 5.69 Å². The van der Waals surface area contributed by atoms with Crippen LogP contribution in [0.25, 0.3) is 0 Å². The van der Waals surface area contributed by atoms with Gasteiger partial charge in [-0.05, 0) is 42.5 Å². The molecule has 1 amide bonds. The minimum absolute atomic E-state index is 0.0424. The maximum absolute atomic E-state index is 12.4. The van der Waals surface area contributed by atoms with Gasteiger partial charge in [0.05, 0.1) is 18.2 Å². The van der Waals surface area contributed by atoms with Crippen molar-refractivity contribution >= 4 is 11.6 Å². The number of carbonyl (C=O) groups excluding carboxylic acids is 1. The Balaban J connectivity index is 2.19. The topological polar surface area (TPSA) is 58.6 Å². The zero-order valence-corrected chi connectivity index (χ0v) is 11.4. The van der Waals surface area contributed by atoms with E-state index >= 15 is 0 Å². The van der Waals surface area contributed by atoms with E-state index in [9.17, 15) is 23.1 Å². The van der Waals surface area contributed by atoms with Crippen LogP contribution >= 0.6 is 0 Å². The van der Waals surface area contributed by atoms with Crippen molar-refractivity contribution in [2.24, 2.45) is 0 Å². The quantitative estimate of drug-likeness (QED) is 0.909. The van der Waals surface area contributed by atoms with E-state index in [1.807, 2.05) is 0 Å². The largest absolute Gasteiger partial charge is 0.507 e. The van der Waals surface area contributed by atoms with Crippen LogP contribution in [0.5, 0.6) is 11.5 Å². The van der Waals surface area contributed by atoms with Crippen molar-refractivity contribution in [2.75, 3.05) is 12.4 Å². The Hall–Kier alpha value is -2.70. The van der Waals surface area contributed by atoms with Crippen molar-refractivity contribution in [3.8, 4) is 11.5 Å². The van der Waals surface area contributed by atoms with Gasteiger partial charge in [-0.15, -0.1) is 0 Å². The molecule has 0 radical (unpaired) electrons. The molecule has 0 aliphatic heterocycles. The van der Waals surface area contributed by atoms with Crippen molar-refractivity contribution in [3.63, 3.8) is 0 Å². The summed E-state index contributed by atoms with van der Waals surface area (Å²) in [6.07, 6.45) is -4.44. The van der Waals surface area contributed by atoms with Crippen molar-refractivity contribution in [1.29, 1.82) is 0 Å². The molecular formula is C15H12F3NO3. The molecule has 0 saturated carbocycles. The van der Waals surface area contributed by atoms with Crippen molar-refractivity contribution < 1.29 is 27.8 Å². The molecule has 0 aliphatic carbocycles. The molecule has 0 atom stereocenters. The summed E-state index contributed by atoms with van der Waals surface area (Å²) in [6, 6.07) is 8.09. The average molecular weight is 311 g/mol. The van der Waals surface area contributed by atoms with Crippen LogP contribution in [0.2, 0.25) is 0 Å². The van der Waals surface area contributed by atoms with Crippen LogP contribution in [-0.2, 0) is 6.18 Å². The van der Waals surface area contributed by atoms with Crippen LogP contribution in [0.3, 0.4) is 0 Å². The summed E-state index contributed by atoms with van der Waals surface area (Å²) in [6.45, 7) is 0. The fraction of sp³-hybridized carbons (Fsp3) is 0.133. The summed E-state index contributed by atoms with van der Waals surface area (Å²) in [5.41, 5.74) is -0.672. The first-order chi connectivity index (χ1) is 10.3. The number of phenolic OH excluding ortho intramolecular Hbond substituents is 1. The van der Waals surface area contributed by atoms with Gasteiger partial charge in [0.15, 0.2) is 0 Å². The smallest absolute Gasteiger partial charge is 0.416 e. The molecule has 0 unspecified atom stereocenters. The lowest BCUT2D eigenvalue weighted by molar-refractivity contribution is -0.137. The molecule has 0 aromatic heterocycles. The number of carbonyl (C=O) groups is 1. The number of hydrogen-bond acceptors (Lipinski definition) is 3. The molecule has 2 aromatic rings. The minimum atomic E-state index is -4.44. The van der Waals surface area contributed by atoms with Gasteiger partial charge in [0.1, 0.15) is 11.5 Å². The standard InChI is InChI=1S/C15H12F3NO3/c1-22-11-6-7-13(20)12(8-11)14(21)19-10-4-2-9(3-5-10)15(16,17)18/h2-8,20H,1H3,(H,19,21). The maximum atomic E-state index is 12.4. The Morgan fingerprint density at radius 2 is 1.77 bits per heavy atom. The molecular weight excluding hydrogens is 299 g/mol. The highest BCUT2D eigenvalue weighted by atomic mass is 19.4. The van der Waals surface area contributed by atoms with Crippen molar-refractivity contribution in [2.45, 2.75) is 6.18 Å². The molecule has 2 rings (SSSR count). The Bertz CT molecular complexity index is 681. The molecule has 4 nitrogen and oxygen atoms in total. The van der Waals surface area contributed by atoms with E-state index in [2.05, 4.69) is 5.32 Å². The number of nitrogens with one attached hydrogen (secondary N) is 1. The fourth-order valence-electron chi connectivity index (χ4n) is 1.76. The summed E-state index contributed by atoms with van der Waals surface area (Å²) >= 11 is 0. The highest BCUT2D eigenvalue weighted by Gasteiger charge is 2.30. The number of rotatable bonds is 3. The number of benzene rings is 2. The van der Waals surface area contributed by atoms with E-state index in [-0.39, 0.29) is 17.0 Å². The Kier molecular flexibility index (Phi) is 4.25. The number of aromatic hydroxyl groups is 1. The highest BCUT2D eigenvalue weighted by Crippen LogP contribution is 2.30. The lowest BCUT2D eigenvalue weighted by Gasteiger charge is -2.10. The number of anilines is 1. The number of methoxy groups -OCH3 is 1. The molecule has 7 heteroatoms. The van der Waals surface area contributed by atoms with Gasteiger partial charge in [-0.1, -0.05) is 0 Å². The number of halogens is 3. The molecule has 2 N–H and O–H groups in total. The molecule has 22 heavy (non-hydrogen) atoms. The molecule has 0 aliphatic rings. The van der Waals surface area contributed by atoms with E-state index in [0.29, 0.717) is 5.75 Å². The van der Waals surface area contributed by atoms with Gasteiger partial charge >= 0.3 is 6.18 Å². The van der Waals surface area contributed by atoms with Crippen LogP contribution in [0.4, 0.5) is 18.9 Å². The third kappa shape index (κ3) is 3.49. The Labute approximate surface area is 124 Å². The summed E-state index contributed by atoms with van der Waals surface area (Å²) in [5.74, 6) is -0.545. The number of hydrogen-bond donors (Lipinski definition) is 2. The molecule has 0 heterocycles. The highest BCUT2D eigenvalue weighted by molar-refractivity contribution is 6.06. The zero-order chi connectivity index (χ0) is 16.3. The summed E-state index contributed by atoms with van der Waals surface area (Å²) in [7, 11) is 1.41. The van der Waals surface area contributed by atoms with E-state index in [0.717, 1.165) is 24.3 Å². The third-order valence-electron chi connectivity index (χ3n) is 2.92.